The second kappa shape index (κ2) is 7.02. The van der Waals surface area contributed by atoms with Crippen molar-refractivity contribution in [2.24, 2.45) is 0 Å². The summed E-state index contributed by atoms with van der Waals surface area (Å²) in [4.78, 5) is 12.4. The first kappa shape index (κ1) is 15.2. The molecule has 0 fully saturated rings. The molecule has 0 bridgehead atoms. The number of anilines is 2. The highest BCUT2D eigenvalue weighted by molar-refractivity contribution is 5.83. The van der Waals surface area contributed by atoms with Crippen LogP contribution in [0.4, 0.5) is 11.9 Å². The predicted octanol–water partition coefficient (Wildman–Crippen LogP) is 2.60. The van der Waals surface area contributed by atoms with Gasteiger partial charge in [-0.1, -0.05) is 36.4 Å². The lowest BCUT2D eigenvalue weighted by molar-refractivity contribution is 0.311. The van der Waals surface area contributed by atoms with Gasteiger partial charge in [0.25, 0.3) is 0 Å². The van der Waals surface area contributed by atoms with Crippen LogP contribution in [0.2, 0.25) is 0 Å². The van der Waals surface area contributed by atoms with Gasteiger partial charge in [-0.25, -0.2) is 9.97 Å². The topological polar surface area (TPSA) is 83.0 Å². The Balaban J connectivity index is 1.76. The molecule has 0 unspecified atom stereocenters. The van der Waals surface area contributed by atoms with Gasteiger partial charge in [-0.3, -0.25) is 0 Å². The lowest BCUT2D eigenvalue weighted by Crippen LogP contribution is -2.13. The number of aliphatic hydroxyl groups excluding tert-OH is 1. The summed E-state index contributed by atoms with van der Waals surface area (Å²) in [5, 5.41) is 17.5. The Bertz CT molecular complexity index is 793. The van der Waals surface area contributed by atoms with Crippen LogP contribution >= 0.6 is 0 Å². The fourth-order valence-electron chi connectivity index (χ4n) is 2.37. The second-order valence-corrected chi connectivity index (χ2v) is 5.26. The van der Waals surface area contributed by atoms with Crippen LogP contribution in [0.3, 0.4) is 0 Å². The Morgan fingerprint density at radius 1 is 1.04 bits per heavy atom. The molecular formula is C17H19N5O. The van der Waals surface area contributed by atoms with Crippen molar-refractivity contribution in [1.82, 2.24) is 15.0 Å². The van der Waals surface area contributed by atoms with Crippen molar-refractivity contribution in [3.8, 4) is 0 Å². The maximum atomic E-state index is 8.83. The van der Waals surface area contributed by atoms with Gasteiger partial charge in [0.1, 0.15) is 6.33 Å². The molecular weight excluding hydrogens is 290 g/mol. The van der Waals surface area contributed by atoms with Crippen molar-refractivity contribution < 1.29 is 5.11 Å². The van der Waals surface area contributed by atoms with E-state index < -0.39 is 0 Å². The predicted molar refractivity (Wildman–Crippen MR) is 91.4 cm³/mol. The van der Waals surface area contributed by atoms with Crippen LogP contribution in [0.1, 0.15) is 18.5 Å². The van der Waals surface area contributed by atoms with E-state index in [1.807, 2.05) is 12.1 Å². The van der Waals surface area contributed by atoms with Crippen molar-refractivity contribution in [1.29, 1.82) is 0 Å². The van der Waals surface area contributed by atoms with Crippen molar-refractivity contribution in [2.45, 2.75) is 13.0 Å². The van der Waals surface area contributed by atoms with Gasteiger partial charge in [0.2, 0.25) is 11.9 Å². The van der Waals surface area contributed by atoms with E-state index in [0.29, 0.717) is 18.4 Å². The number of hydrogen-bond donors (Lipinski definition) is 3. The van der Waals surface area contributed by atoms with Gasteiger partial charge in [0.05, 0.1) is 12.6 Å². The zero-order chi connectivity index (χ0) is 16.1. The monoisotopic (exact) mass is 309 g/mol. The third-order valence-corrected chi connectivity index (χ3v) is 3.59. The summed E-state index contributed by atoms with van der Waals surface area (Å²) >= 11 is 0. The molecule has 0 spiro atoms. The summed E-state index contributed by atoms with van der Waals surface area (Å²) in [5.41, 5.74) is 1.16. The summed E-state index contributed by atoms with van der Waals surface area (Å²) < 4.78 is 0. The highest BCUT2D eigenvalue weighted by atomic mass is 16.3. The molecule has 1 heterocycles. The molecule has 3 aromatic rings. The van der Waals surface area contributed by atoms with Gasteiger partial charge in [0, 0.05) is 6.54 Å². The molecule has 0 saturated heterocycles. The molecule has 1 aromatic heterocycles. The lowest BCUT2D eigenvalue weighted by Gasteiger charge is -2.15. The Hall–Kier alpha value is -2.73. The first-order valence-electron chi connectivity index (χ1n) is 7.55. The molecule has 3 N–H and O–H groups in total. The quantitative estimate of drug-likeness (QED) is 0.649. The van der Waals surface area contributed by atoms with Gasteiger partial charge in [-0.05, 0) is 29.3 Å². The Morgan fingerprint density at radius 2 is 1.83 bits per heavy atom. The molecule has 6 nitrogen and oxygen atoms in total. The molecule has 23 heavy (non-hydrogen) atoms. The third-order valence-electron chi connectivity index (χ3n) is 3.59. The van der Waals surface area contributed by atoms with Crippen LogP contribution in [0, 0.1) is 0 Å². The van der Waals surface area contributed by atoms with Gasteiger partial charge < -0.3 is 15.7 Å². The maximum absolute atomic E-state index is 8.83. The molecule has 1 atom stereocenters. The minimum Gasteiger partial charge on any atom is -0.395 e. The highest BCUT2D eigenvalue weighted by Gasteiger charge is 2.08. The zero-order valence-corrected chi connectivity index (χ0v) is 12.9. The normalized spacial score (nSPS) is 12.1. The second-order valence-electron chi connectivity index (χ2n) is 5.26. The molecule has 2 aromatic carbocycles. The number of aromatic nitrogens is 3. The molecule has 0 aliphatic heterocycles. The summed E-state index contributed by atoms with van der Waals surface area (Å²) in [6.45, 7) is 2.50. The fraction of sp³-hybridized carbons (Fsp3) is 0.235. The number of hydrogen-bond acceptors (Lipinski definition) is 6. The highest BCUT2D eigenvalue weighted by Crippen LogP contribution is 2.22. The van der Waals surface area contributed by atoms with E-state index in [1.54, 1.807) is 0 Å². The van der Waals surface area contributed by atoms with Gasteiger partial charge in [-0.15, -0.1) is 0 Å². The van der Waals surface area contributed by atoms with Crippen molar-refractivity contribution in [3.05, 3.63) is 54.4 Å². The molecule has 0 aliphatic carbocycles. The van der Waals surface area contributed by atoms with E-state index in [4.69, 9.17) is 5.11 Å². The Morgan fingerprint density at radius 3 is 2.65 bits per heavy atom. The standard InChI is InChI=1S/C17H19N5O/c1-12(14-7-6-13-4-2-3-5-15(13)10-14)21-17-20-11-19-16(22-17)18-8-9-23/h2-7,10-12,23H,8-9H2,1H3,(H2,18,19,20,21,22)/t12-/m1/s1. The molecule has 0 radical (unpaired) electrons. The Kier molecular flexibility index (Phi) is 4.63. The largest absolute Gasteiger partial charge is 0.395 e. The van der Waals surface area contributed by atoms with Crippen LogP contribution in [0.25, 0.3) is 10.8 Å². The third kappa shape index (κ3) is 3.73. The van der Waals surface area contributed by atoms with E-state index in [0.717, 1.165) is 5.56 Å². The summed E-state index contributed by atoms with van der Waals surface area (Å²) in [6, 6.07) is 14.7. The SMILES string of the molecule is C[C@@H](Nc1ncnc(NCCO)n1)c1ccc2ccccc2c1. The van der Waals surface area contributed by atoms with Crippen molar-refractivity contribution in [2.75, 3.05) is 23.8 Å². The molecule has 3 rings (SSSR count). The van der Waals surface area contributed by atoms with Crippen LogP contribution in [0.15, 0.2) is 48.8 Å². The zero-order valence-electron chi connectivity index (χ0n) is 12.9. The smallest absolute Gasteiger partial charge is 0.227 e. The van der Waals surface area contributed by atoms with Crippen LogP contribution in [0.5, 0.6) is 0 Å². The number of nitrogens with zero attached hydrogens (tertiary/aromatic N) is 3. The molecule has 6 heteroatoms. The van der Waals surface area contributed by atoms with Crippen molar-refractivity contribution >= 4 is 22.7 Å². The molecule has 118 valence electrons. The lowest BCUT2D eigenvalue weighted by atomic mass is 10.0. The van der Waals surface area contributed by atoms with E-state index in [1.165, 1.54) is 17.1 Å². The van der Waals surface area contributed by atoms with E-state index in [2.05, 4.69) is 62.8 Å². The van der Waals surface area contributed by atoms with E-state index >= 15 is 0 Å². The minimum absolute atomic E-state index is 0.0297. The Labute approximate surface area is 134 Å². The van der Waals surface area contributed by atoms with Crippen LogP contribution < -0.4 is 10.6 Å². The maximum Gasteiger partial charge on any atom is 0.227 e. The van der Waals surface area contributed by atoms with Crippen LogP contribution in [-0.2, 0) is 0 Å². The summed E-state index contributed by atoms with van der Waals surface area (Å²) in [5.74, 6) is 0.948. The van der Waals surface area contributed by atoms with Crippen LogP contribution in [-0.4, -0.2) is 33.2 Å². The minimum atomic E-state index is 0.0297. The molecule has 0 saturated carbocycles. The number of rotatable bonds is 6. The number of fused-ring (bicyclic) bond motifs is 1. The summed E-state index contributed by atoms with van der Waals surface area (Å²) in [6.07, 6.45) is 1.45. The average molecular weight is 309 g/mol. The van der Waals surface area contributed by atoms with Gasteiger partial charge in [0.15, 0.2) is 0 Å². The number of nitrogens with one attached hydrogen (secondary N) is 2. The number of aliphatic hydroxyl groups is 1. The first-order valence-corrected chi connectivity index (χ1v) is 7.55. The fourth-order valence-corrected chi connectivity index (χ4v) is 2.37. The van der Waals surface area contributed by atoms with Crippen molar-refractivity contribution in [3.63, 3.8) is 0 Å². The van der Waals surface area contributed by atoms with Gasteiger partial charge >= 0.3 is 0 Å². The van der Waals surface area contributed by atoms with E-state index in [9.17, 15) is 0 Å². The summed E-state index contributed by atoms with van der Waals surface area (Å²) in [7, 11) is 0. The first-order chi connectivity index (χ1) is 11.3. The average Bonchev–Trinajstić information content (AvgIpc) is 2.60. The van der Waals surface area contributed by atoms with E-state index in [-0.39, 0.29) is 12.6 Å². The molecule has 0 aliphatic rings. The molecule has 0 amide bonds. The van der Waals surface area contributed by atoms with Gasteiger partial charge in [-0.2, -0.15) is 4.98 Å². The number of benzene rings is 2.